The van der Waals surface area contributed by atoms with Gasteiger partial charge in [0.15, 0.2) is 23.2 Å². The molecule has 2 aromatic rings. The summed E-state index contributed by atoms with van der Waals surface area (Å²) in [5.41, 5.74) is 4.73. The van der Waals surface area contributed by atoms with Crippen LogP contribution in [0.3, 0.4) is 0 Å². The number of nitrogens with two attached hydrogens (primary N) is 1. The Bertz CT molecular complexity index is 1400. The number of carbonyl (C=O) groups excluding carboxylic acids is 2. The minimum Gasteiger partial charge on any atom is -0.503 e. The molecule has 0 unspecified atom stereocenters. The fraction of sp³-hybridized carbons (Fsp3) is 0.200. The number of thioether (sulfide) groups is 1. The molecule has 4 rings (SSSR count). The summed E-state index contributed by atoms with van der Waals surface area (Å²) in [6.45, 7) is 3.12. The minimum absolute atomic E-state index is 0.0436. The molecule has 2 amide bonds. The number of carbonyl (C=O) groups is 3. The van der Waals surface area contributed by atoms with Gasteiger partial charge in [-0.05, 0) is 5.57 Å². The average molecular weight is 535 g/mol. The van der Waals surface area contributed by atoms with Crippen molar-refractivity contribution in [3.63, 3.8) is 0 Å². The second-order valence-electron chi connectivity index (χ2n) is 7.39. The smallest absolute Gasteiger partial charge is 0.352 e. The number of oxime groups is 1. The van der Waals surface area contributed by atoms with Crippen molar-refractivity contribution >= 4 is 51.7 Å². The summed E-state index contributed by atoms with van der Waals surface area (Å²) in [6, 6.07) is -0.123. The van der Waals surface area contributed by atoms with Gasteiger partial charge in [-0.15, -0.1) is 23.1 Å². The molecule has 0 aromatic carbocycles. The van der Waals surface area contributed by atoms with Gasteiger partial charge >= 0.3 is 5.97 Å². The number of amides is 2. The summed E-state index contributed by atoms with van der Waals surface area (Å²) in [5.74, 6) is -3.14. The van der Waals surface area contributed by atoms with Crippen molar-refractivity contribution in [1.82, 2.24) is 19.9 Å². The molecule has 36 heavy (non-hydrogen) atoms. The second-order valence-corrected chi connectivity index (χ2v) is 9.38. The first-order valence-corrected chi connectivity index (χ1v) is 11.9. The van der Waals surface area contributed by atoms with Gasteiger partial charge in [0.05, 0.1) is 6.20 Å². The number of aromatic nitrogens is 2. The lowest BCUT2D eigenvalue weighted by Crippen LogP contribution is -2.71. The van der Waals surface area contributed by atoms with Gasteiger partial charge in [-0.2, -0.15) is 4.73 Å². The van der Waals surface area contributed by atoms with Crippen LogP contribution in [0.15, 0.2) is 51.5 Å². The van der Waals surface area contributed by atoms with E-state index in [0.29, 0.717) is 10.3 Å². The van der Waals surface area contributed by atoms with Gasteiger partial charge in [0.1, 0.15) is 28.5 Å². The molecule has 0 spiro atoms. The number of thiazole rings is 1. The maximum atomic E-state index is 13.1. The van der Waals surface area contributed by atoms with E-state index in [1.807, 2.05) is 0 Å². The van der Waals surface area contributed by atoms with E-state index in [2.05, 4.69) is 22.0 Å². The average Bonchev–Trinajstić information content (AvgIpc) is 3.27. The van der Waals surface area contributed by atoms with Gasteiger partial charge in [-0.25, -0.2) is 9.78 Å². The molecule has 16 heteroatoms. The highest BCUT2D eigenvalue weighted by Gasteiger charge is 2.54. The van der Waals surface area contributed by atoms with Crippen LogP contribution in [0.2, 0.25) is 0 Å². The zero-order chi connectivity index (χ0) is 26.1. The SMILES string of the molecule is C=CC1=C(C(=O)O)N2C(=O)[C@@H](NC(=O)/C(=N/OCc3cc(=O)c(O)cn3O)c3csc(N)n3)[C@H]2SC1. The Balaban J connectivity index is 1.54. The number of nitrogen functional groups attached to an aromatic ring is 1. The Labute approximate surface area is 209 Å². The third-order valence-electron chi connectivity index (χ3n) is 5.17. The third kappa shape index (κ3) is 4.50. The van der Waals surface area contributed by atoms with Crippen LogP contribution in [0.4, 0.5) is 5.13 Å². The van der Waals surface area contributed by atoms with E-state index in [-0.39, 0.29) is 33.7 Å². The summed E-state index contributed by atoms with van der Waals surface area (Å²) in [5, 5.41) is 35.9. The summed E-state index contributed by atoms with van der Waals surface area (Å²) in [6.07, 6.45) is 2.15. The van der Waals surface area contributed by atoms with Gasteiger partial charge in [-0.1, -0.05) is 17.8 Å². The van der Waals surface area contributed by atoms with E-state index < -0.39 is 47.0 Å². The predicted molar refractivity (Wildman–Crippen MR) is 127 cm³/mol. The highest BCUT2D eigenvalue weighted by Crippen LogP contribution is 2.40. The van der Waals surface area contributed by atoms with E-state index in [1.165, 1.54) is 23.2 Å². The maximum absolute atomic E-state index is 13.1. The van der Waals surface area contributed by atoms with Gasteiger partial charge < -0.3 is 31.3 Å². The van der Waals surface area contributed by atoms with Crippen LogP contribution in [-0.2, 0) is 25.8 Å². The van der Waals surface area contributed by atoms with Crippen LogP contribution in [0.25, 0.3) is 0 Å². The highest BCUT2D eigenvalue weighted by molar-refractivity contribution is 8.00. The first kappa shape index (κ1) is 24.8. The molecule has 2 aliphatic rings. The number of hydrogen-bond donors (Lipinski definition) is 5. The van der Waals surface area contributed by atoms with Crippen molar-refractivity contribution in [2.24, 2.45) is 5.16 Å². The highest BCUT2D eigenvalue weighted by atomic mass is 32.2. The van der Waals surface area contributed by atoms with Crippen molar-refractivity contribution in [2.45, 2.75) is 18.0 Å². The summed E-state index contributed by atoms with van der Waals surface area (Å²) < 4.78 is 0.458. The quantitative estimate of drug-likeness (QED) is 0.128. The molecule has 2 atom stereocenters. The molecular weight excluding hydrogens is 516 g/mol. The second kappa shape index (κ2) is 9.74. The monoisotopic (exact) mass is 534 g/mol. The molecule has 0 saturated carbocycles. The largest absolute Gasteiger partial charge is 0.503 e. The Morgan fingerprint density at radius 1 is 1.42 bits per heavy atom. The molecule has 1 saturated heterocycles. The van der Waals surface area contributed by atoms with E-state index >= 15 is 0 Å². The first-order chi connectivity index (χ1) is 17.1. The molecule has 0 aliphatic carbocycles. The number of carboxylic acid groups (broad SMARTS) is 1. The Hall–Kier alpha value is -4.31. The zero-order valence-electron chi connectivity index (χ0n) is 18.2. The fourth-order valence-corrected chi connectivity index (χ4v) is 5.32. The molecule has 188 valence electrons. The van der Waals surface area contributed by atoms with Crippen LogP contribution >= 0.6 is 23.1 Å². The van der Waals surface area contributed by atoms with E-state index in [9.17, 15) is 34.6 Å². The first-order valence-electron chi connectivity index (χ1n) is 10.0. The van der Waals surface area contributed by atoms with E-state index in [0.717, 1.165) is 28.5 Å². The third-order valence-corrected chi connectivity index (χ3v) is 7.15. The molecule has 0 bridgehead atoms. The minimum atomic E-state index is -1.28. The number of β-lactam (4-membered cyclic amide) rings is 1. The molecule has 0 radical (unpaired) electrons. The molecule has 2 aliphatic heterocycles. The fourth-order valence-electron chi connectivity index (χ4n) is 3.43. The van der Waals surface area contributed by atoms with Crippen LogP contribution < -0.4 is 16.5 Å². The topological polar surface area (TPSA) is 210 Å². The lowest BCUT2D eigenvalue weighted by molar-refractivity contribution is -0.150. The number of nitrogens with one attached hydrogen (secondary N) is 1. The van der Waals surface area contributed by atoms with Crippen molar-refractivity contribution < 1.29 is 34.6 Å². The number of pyridine rings is 1. The molecular formula is C20H18N6O8S2. The summed E-state index contributed by atoms with van der Waals surface area (Å²) in [7, 11) is 0. The molecule has 4 heterocycles. The number of aromatic hydroxyl groups is 1. The zero-order valence-corrected chi connectivity index (χ0v) is 19.8. The van der Waals surface area contributed by atoms with E-state index in [4.69, 9.17) is 10.6 Å². The predicted octanol–water partition coefficient (Wildman–Crippen LogP) is -0.325. The van der Waals surface area contributed by atoms with Crippen molar-refractivity contribution in [3.8, 4) is 5.75 Å². The molecule has 1 fully saturated rings. The molecule has 6 N–H and O–H groups in total. The number of nitrogens with zero attached hydrogens (tertiary/aromatic N) is 4. The van der Waals surface area contributed by atoms with Gasteiger partial charge in [-0.3, -0.25) is 19.3 Å². The van der Waals surface area contributed by atoms with Crippen molar-refractivity contribution in [3.05, 3.63) is 63.2 Å². The lowest BCUT2D eigenvalue weighted by Gasteiger charge is -2.49. The van der Waals surface area contributed by atoms with Crippen LogP contribution in [-0.4, -0.2) is 70.7 Å². The molecule has 2 aromatic heterocycles. The number of hydrogen-bond acceptors (Lipinski definition) is 12. The van der Waals surface area contributed by atoms with Gasteiger partial charge in [0.25, 0.3) is 11.8 Å². The Morgan fingerprint density at radius 2 is 2.17 bits per heavy atom. The van der Waals surface area contributed by atoms with Crippen LogP contribution in [0, 0.1) is 0 Å². The number of anilines is 1. The number of carboxylic acids is 1. The van der Waals surface area contributed by atoms with Gasteiger partial charge in [0, 0.05) is 17.2 Å². The lowest BCUT2D eigenvalue weighted by atomic mass is 10.0. The number of rotatable bonds is 8. The summed E-state index contributed by atoms with van der Waals surface area (Å²) >= 11 is 2.29. The van der Waals surface area contributed by atoms with Crippen LogP contribution in [0.1, 0.15) is 11.4 Å². The number of allylic oxidation sites excluding steroid dienone is 1. The standard InChI is InChI=1S/C20H18N6O8S2/c1-2-8-6-35-18-14(17(30)26(18)15(8)19(31)32)23-16(29)13(10-7-36-20(21)22-10)24-34-5-9-3-11(27)12(28)4-25(9)33/h2-4,7,14,18,28,33H,1,5-6H2,(H2,21,22)(H,23,29)(H,31,32)/b24-13+/t14-,18-/m1/s1. The van der Waals surface area contributed by atoms with Crippen molar-refractivity contribution in [2.75, 3.05) is 11.5 Å². The number of fused-ring (bicyclic) bond motifs is 1. The van der Waals surface area contributed by atoms with E-state index in [1.54, 1.807) is 0 Å². The number of aliphatic carboxylic acids is 1. The van der Waals surface area contributed by atoms with Crippen LogP contribution in [0.5, 0.6) is 5.75 Å². The van der Waals surface area contributed by atoms with Gasteiger partial charge in [0.2, 0.25) is 5.43 Å². The normalized spacial score (nSPS) is 19.4. The Morgan fingerprint density at radius 3 is 2.81 bits per heavy atom. The molecule has 14 nitrogen and oxygen atoms in total. The maximum Gasteiger partial charge on any atom is 0.352 e. The van der Waals surface area contributed by atoms with Crippen molar-refractivity contribution in [1.29, 1.82) is 0 Å². The Kier molecular flexibility index (Phi) is 6.71. The summed E-state index contributed by atoms with van der Waals surface area (Å²) in [4.78, 5) is 59.3.